The number of hydrogen-bond donors (Lipinski definition) is 2. The van der Waals surface area contributed by atoms with Crippen LogP contribution in [-0.2, 0) is 11.3 Å². The van der Waals surface area contributed by atoms with E-state index in [4.69, 9.17) is 4.74 Å². The van der Waals surface area contributed by atoms with Gasteiger partial charge < -0.3 is 10.1 Å². The molecular formula is C17H22N4O2. The van der Waals surface area contributed by atoms with Gasteiger partial charge in [-0.05, 0) is 43.4 Å². The third-order valence-corrected chi connectivity index (χ3v) is 4.03. The number of carbonyl (C=O) groups is 1. The van der Waals surface area contributed by atoms with Crippen molar-refractivity contribution in [3.05, 3.63) is 42.1 Å². The summed E-state index contributed by atoms with van der Waals surface area (Å²) in [5.74, 6) is 1.16. The molecule has 0 aliphatic heterocycles. The van der Waals surface area contributed by atoms with E-state index in [-0.39, 0.29) is 12.1 Å². The molecule has 0 saturated heterocycles. The van der Waals surface area contributed by atoms with E-state index in [1.807, 2.05) is 37.4 Å². The second-order valence-electron chi connectivity index (χ2n) is 5.97. The molecule has 1 aromatic heterocycles. The smallest absolute Gasteiger partial charge is 0.320 e. The van der Waals surface area contributed by atoms with E-state index in [1.165, 1.54) is 12.8 Å². The molecule has 1 saturated carbocycles. The van der Waals surface area contributed by atoms with Crippen LogP contribution in [-0.4, -0.2) is 29.0 Å². The number of carbonyl (C=O) groups excluding carboxylic acids is 1. The van der Waals surface area contributed by atoms with Crippen LogP contribution >= 0.6 is 0 Å². The fourth-order valence-corrected chi connectivity index (χ4v) is 2.52. The third-order valence-electron chi connectivity index (χ3n) is 4.03. The minimum absolute atomic E-state index is 0.204. The van der Waals surface area contributed by atoms with E-state index in [9.17, 15) is 4.79 Å². The summed E-state index contributed by atoms with van der Waals surface area (Å²) in [7, 11) is 1.68. The van der Waals surface area contributed by atoms with E-state index >= 15 is 0 Å². The molecule has 0 bridgehead atoms. The van der Waals surface area contributed by atoms with Crippen LogP contribution in [0.5, 0.6) is 0 Å². The van der Waals surface area contributed by atoms with Gasteiger partial charge in [-0.1, -0.05) is 12.1 Å². The number of nitrogens with zero attached hydrogens (tertiary/aromatic N) is 2. The molecule has 1 aliphatic rings. The van der Waals surface area contributed by atoms with Crippen molar-refractivity contribution in [1.82, 2.24) is 15.1 Å². The Morgan fingerprint density at radius 2 is 2.09 bits per heavy atom. The zero-order chi connectivity index (χ0) is 16.2. The quantitative estimate of drug-likeness (QED) is 0.861. The molecular weight excluding hydrogens is 292 g/mol. The minimum Gasteiger partial charge on any atom is -0.380 e. The topological polar surface area (TPSA) is 68.2 Å². The van der Waals surface area contributed by atoms with E-state index in [1.54, 1.807) is 17.9 Å². The first-order valence-electron chi connectivity index (χ1n) is 7.87. The van der Waals surface area contributed by atoms with E-state index in [0.717, 1.165) is 11.3 Å². The van der Waals surface area contributed by atoms with Gasteiger partial charge in [0.05, 0.1) is 12.3 Å². The molecule has 122 valence electrons. The zero-order valence-corrected chi connectivity index (χ0v) is 13.5. The Morgan fingerprint density at radius 3 is 2.74 bits per heavy atom. The van der Waals surface area contributed by atoms with Crippen LogP contribution in [0.2, 0.25) is 0 Å². The second-order valence-corrected chi connectivity index (χ2v) is 5.97. The first kappa shape index (κ1) is 15.6. The Hall–Kier alpha value is -2.34. The molecule has 1 aromatic carbocycles. The molecule has 2 aromatic rings. The molecule has 23 heavy (non-hydrogen) atoms. The maximum atomic E-state index is 11.9. The first-order valence-corrected chi connectivity index (χ1v) is 7.87. The maximum Gasteiger partial charge on any atom is 0.320 e. The number of hydrogen-bond acceptors (Lipinski definition) is 3. The predicted molar refractivity (Wildman–Crippen MR) is 88.6 cm³/mol. The van der Waals surface area contributed by atoms with Gasteiger partial charge in [0.25, 0.3) is 0 Å². The van der Waals surface area contributed by atoms with Crippen molar-refractivity contribution in [2.75, 3.05) is 12.4 Å². The Kier molecular flexibility index (Phi) is 4.62. The first-order chi connectivity index (χ1) is 11.2. The van der Waals surface area contributed by atoms with Crippen LogP contribution < -0.4 is 10.6 Å². The average Bonchev–Trinajstić information content (AvgIpc) is 3.29. The largest absolute Gasteiger partial charge is 0.380 e. The Balaban J connectivity index is 1.59. The van der Waals surface area contributed by atoms with Gasteiger partial charge in [0.15, 0.2) is 5.82 Å². The van der Waals surface area contributed by atoms with Gasteiger partial charge in [-0.25, -0.2) is 9.48 Å². The molecule has 2 amide bonds. The van der Waals surface area contributed by atoms with Crippen molar-refractivity contribution in [2.45, 2.75) is 32.4 Å². The third kappa shape index (κ3) is 4.10. The Morgan fingerprint density at radius 1 is 1.35 bits per heavy atom. The van der Waals surface area contributed by atoms with Crippen LogP contribution in [0.1, 0.15) is 25.3 Å². The van der Waals surface area contributed by atoms with Crippen molar-refractivity contribution in [3.63, 3.8) is 0 Å². The normalized spacial score (nSPS) is 15.2. The molecule has 1 heterocycles. The number of amides is 2. The van der Waals surface area contributed by atoms with Gasteiger partial charge in [0.2, 0.25) is 0 Å². The van der Waals surface area contributed by atoms with E-state index in [2.05, 4.69) is 15.7 Å². The fourth-order valence-electron chi connectivity index (χ4n) is 2.52. The van der Waals surface area contributed by atoms with E-state index < -0.39 is 0 Å². The summed E-state index contributed by atoms with van der Waals surface area (Å²) in [5.41, 5.74) is 2.04. The summed E-state index contributed by atoms with van der Waals surface area (Å²) < 4.78 is 6.83. The number of methoxy groups -OCH3 is 1. The molecule has 3 rings (SSSR count). The van der Waals surface area contributed by atoms with E-state index in [0.29, 0.717) is 18.3 Å². The Labute approximate surface area is 135 Å². The van der Waals surface area contributed by atoms with Gasteiger partial charge in [-0.15, -0.1) is 5.10 Å². The molecule has 0 radical (unpaired) electrons. The molecule has 1 fully saturated rings. The second kappa shape index (κ2) is 6.83. The number of anilines is 1. The highest BCUT2D eigenvalue weighted by atomic mass is 16.5. The van der Waals surface area contributed by atoms with Gasteiger partial charge in [0.1, 0.15) is 0 Å². The number of urea groups is 1. The number of ether oxygens (including phenoxy) is 1. The lowest BCUT2D eigenvalue weighted by molar-refractivity contribution is 0.185. The molecule has 0 spiro atoms. The number of nitrogens with one attached hydrogen (secondary N) is 2. The maximum absolute atomic E-state index is 11.9. The van der Waals surface area contributed by atoms with Gasteiger partial charge in [0, 0.05) is 25.4 Å². The molecule has 2 N–H and O–H groups in total. The lowest BCUT2D eigenvalue weighted by Crippen LogP contribution is -2.37. The molecule has 1 atom stereocenters. The van der Waals surface area contributed by atoms with Crippen molar-refractivity contribution < 1.29 is 9.53 Å². The molecule has 1 aliphatic carbocycles. The number of benzene rings is 1. The van der Waals surface area contributed by atoms with Gasteiger partial charge >= 0.3 is 6.03 Å². The molecule has 6 nitrogen and oxygen atoms in total. The summed E-state index contributed by atoms with van der Waals surface area (Å²) >= 11 is 0. The highest BCUT2D eigenvalue weighted by Crippen LogP contribution is 2.32. The highest BCUT2D eigenvalue weighted by molar-refractivity contribution is 5.88. The number of aromatic nitrogens is 2. The summed E-state index contributed by atoms with van der Waals surface area (Å²) in [5, 5.41) is 10.1. The lowest BCUT2D eigenvalue weighted by atomic mass is 10.2. The summed E-state index contributed by atoms with van der Waals surface area (Å²) in [4.78, 5) is 11.9. The Bertz CT molecular complexity index is 661. The summed E-state index contributed by atoms with van der Waals surface area (Å²) in [6.45, 7) is 2.63. The SMILES string of the molecule is COCc1ccc(-n2ccc(NC(=O)N[C@@H](C)C3CC3)n2)cc1. The van der Waals surface area contributed by atoms with Crippen LogP contribution in [0.25, 0.3) is 5.69 Å². The molecule has 6 heteroatoms. The van der Waals surface area contributed by atoms with Crippen molar-refractivity contribution >= 4 is 11.8 Å². The monoisotopic (exact) mass is 314 g/mol. The van der Waals surface area contributed by atoms with Crippen LogP contribution in [0.3, 0.4) is 0 Å². The zero-order valence-electron chi connectivity index (χ0n) is 13.5. The van der Waals surface area contributed by atoms with Crippen molar-refractivity contribution in [2.24, 2.45) is 5.92 Å². The van der Waals surface area contributed by atoms with Crippen LogP contribution in [0, 0.1) is 5.92 Å². The predicted octanol–water partition coefficient (Wildman–Crippen LogP) is 2.94. The molecule has 0 unspecified atom stereocenters. The minimum atomic E-state index is -0.204. The van der Waals surface area contributed by atoms with Crippen LogP contribution in [0.4, 0.5) is 10.6 Å². The fraction of sp³-hybridized carbons (Fsp3) is 0.412. The van der Waals surface area contributed by atoms with Crippen molar-refractivity contribution in [3.8, 4) is 5.69 Å². The van der Waals surface area contributed by atoms with Crippen molar-refractivity contribution in [1.29, 1.82) is 0 Å². The summed E-state index contributed by atoms with van der Waals surface area (Å²) in [6, 6.07) is 9.73. The highest BCUT2D eigenvalue weighted by Gasteiger charge is 2.28. The number of rotatable bonds is 6. The average molecular weight is 314 g/mol. The summed E-state index contributed by atoms with van der Waals surface area (Å²) in [6.07, 6.45) is 4.23. The standard InChI is InChI=1S/C17H22N4O2/c1-12(14-5-6-14)18-17(22)19-16-9-10-21(20-16)15-7-3-13(4-8-15)11-23-2/h3-4,7-10,12,14H,5-6,11H2,1-2H3,(H2,18,19,20,22)/t12-/m0/s1. The van der Waals surface area contributed by atoms with Crippen LogP contribution in [0.15, 0.2) is 36.5 Å². The lowest BCUT2D eigenvalue weighted by Gasteiger charge is -2.12. The van der Waals surface area contributed by atoms with Gasteiger partial charge in [-0.2, -0.15) is 0 Å². The van der Waals surface area contributed by atoms with Gasteiger partial charge in [-0.3, -0.25) is 5.32 Å².